The molecule has 0 aliphatic rings. The Labute approximate surface area is 170 Å². The van der Waals surface area contributed by atoms with Crippen LogP contribution in [-0.2, 0) is 21.1 Å². The Morgan fingerprint density at radius 1 is 0.852 bits per heavy atom. The average molecular weight is 477 g/mol. The zero-order valence-corrected chi connectivity index (χ0v) is 17.9. The lowest BCUT2D eigenvalue weighted by atomic mass is 10.3. The van der Waals surface area contributed by atoms with Gasteiger partial charge in [0.1, 0.15) is 12.6 Å². The van der Waals surface area contributed by atoms with Gasteiger partial charge in [0.15, 0.2) is 6.20 Å². The highest BCUT2D eigenvalue weighted by Crippen LogP contribution is 2.05. The number of aryl methyl sites for hydroxylation is 3. The molecule has 4 aromatic rings. The first-order chi connectivity index (χ1) is 13.0. The molecular weight excluding hydrogens is 455 g/mol. The molecule has 4 heterocycles. The molecule has 0 atom stereocenters. The van der Waals surface area contributed by atoms with Crippen LogP contribution in [0.4, 0.5) is 0 Å². The largest absolute Gasteiger partial charge is 0.310 e. The van der Waals surface area contributed by atoms with Crippen molar-refractivity contribution in [1.29, 1.82) is 0 Å². The van der Waals surface area contributed by atoms with E-state index in [-0.39, 0.29) is 11.1 Å². The van der Waals surface area contributed by atoms with Gasteiger partial charge in [-0.15, -0.1) is 0 Å². The fraction of sp³-hybridized carbons (Fsp3) is 0.200. The summed E-state index contributed by atoms with van der Waals surface area (Å²) in [5.41, 5.74) is 3.75. The molecule has 0 N–H and O–H groups in total. The number of rotatable bonds is 0. The van der Waals surface area contributed by atoms with E-state index in [1.165, 1.54) is 6.07 Å². The summed E-state index contributed by atoms with van der Waals surface area (Å²) in [5.74, 6) is 0. The summed E-state index contributed by atoms with van der Waals surface area (Å²) in [6.07, 6.45) is 3.68. The Kier molecular flexibility index (Phi) is 7.23. The topological polar surface area (TPSA) is 60.8 Å². The van der Waals surface area contributed by atoms with Crippen LogP contribution in [0.25, 0.3) is 22.1 Å². The number of fused-ring (bicyclic) bond motifs is 2. The van der Waals surface area contributed by atoms with Crippen molar-refractivity contribution in [3.8, 4) is 0 Å². The van der Waals surface area contributed by atoms with Gasteiger partial charge in [0.2, 0.25) is 5.52 Å². The molecule has 0 radical (unpaired) electrons. The van der Waals surface area contributed by atoms with Crippen molar-refractivity contribution >= 4 is 44.7 Å². The van der Waals surface area contributed by atoms with Gasteiger partial charge in [0.25, 0.3) is 11.1 Å². The summed E-state index contributed by atoms with van der Waals surface area (Å²) in [6, 6.07) is 14.3. The fourth-order valence-electron chi connectivity index (χ4n) is 2.68. The van der Waals surface area contributed by atoms with Crippen molar-refractivity contribution in [3.05, 3.63) is 81.6 Å². The molecule has 0 aliphatic heterocycles. The maximum Gasteiger partial charge on any atom is 0.251 e. The Bertz CT molecular complexity index is 1180. The van der Waals surface area contributed by atoms with E-state index in [4.69, 9.17) is 0 Å². The number of aromatic nitrogens is 4. The molecule has 0 fully saturated rings. The van der Waals surface area contributed by atoms with E-state index < -0.39 is 0 Å². The Morgan fingerprint density at radius 3 is 2.15 bits per heavy atom. The molecule has 4 rings (SSSR count). The van der Waals surface area contributed by atoms with E-state index in [1.807, 2.05) is 53.1 Å². The van der Waals surface area contributed by atoms with Gasteiger partial charge in [0.05, 0.1) is 11.0 Å². The molecule has 0 saturated heterocycles. The van der Waals surface area contributed by atoms with Crippen LogP contribution >= 0.6 is 22.6 Å². The van der Waals surface area contributed by atoms with Gasteiger partial charge in [-0.25, -0.2) is 0 Å². The SMILES string of the molecule is CI.Cn1c(=O)ccc2c1ccc[n+]2C.Cn1c(=O)ccc2ncccc21. The first kappa shape index (κ1) is 20.8. The molecule has 0 amide bonds. The Morgan fingerprint density at radius 2 is 1.44 bits per heavy atom. The minimum atomic E-state index is -0.00417. The van der Waals surface area contributed by atoms with Crippen LogP contribution in [0.5, 0.6) is 0 Å². The average Bonchev–Trinajstić information content (AvgIpc) is 2.70. The number of halogens is 1. The maximum atomic E-state index is 11.3. The van der Waals surface area contributed by atoms with Crippen LogP contribution in [0.1, 0.15) is 0 Å². The monoisotopic (exact) mass is 477 g/mol. The fourth-order valence-corrected chi connectivity index (χ4v) is 2.68. The molecular formula is C20H22IN4O2+. The van der Waals surface area contributed by atoms with Crippen molar-refractivity contribution in [2.45, 2.75) is 0 Å². The van der Waals surface area contributed by atoms with Crippen molar-refractivity contribution in [3.63, 3.8) is 0 Å². The molecule has 27 heavy (non-hydrogen) atoms. The predicted molar refractivity (Wildman–Crippen MR) is 117 cm³/mol. The second kappa shape index (κ2) is 9.40. The van der Waals surface area contributed by atoms with Gasteiger partial charge in [-0.05, 0) is 29.2 Å². The lowest BCUT2D eigenvalue weighted by molar-refractivity contribution is -0.645. The van der Waals surface area contributed by atoms with Crippen molar-refractivity contribution < 1.29 is 4.57 Å². The van der Waals surface area contributed by atoms with Crippen LogP contribution in [0.2, 0.25) is 0 Å². The molecule has 140 valence electrons. The number of hydrogen-bond donors (Lipinski definition) is 0. The predicted octanol–water partition coefficient (Wildman–Crippen LogP) is 2.35. The molecule has 4 aromatic heterocycles. The molecule has 0 aliphatic carbocycles. The number of hydrogen-bond acceptors (Lipinski definition) is 3. The van der Waals surface area contributed by atoms with E-state index in [2.05, 4.69) is 27.6 Å². The van der Waals surface area contributed by atoms with E-state index in [1.54, 1.807) is 41.6 Å². The van der Waals surface area contributed by atoms with Crippen LogP contribution in [0.15, 0.2) is 70.5 Å². The summed E-state index contributed by atoms with van der Waals surface area (Å²) in [7, 11) is 5.49. The number of pyridine rings is 4. The third-order valence-electron chi connectivity index (χ3n) is 4.17. The zero-order chi connectivity index (χ0) is 20.0. The standard InChI is InChI=1S/C10H11N2O.C9H8N2O.CH3I/c1-11-7-3-4-9-8(11)5-6-10(13)12(9)2;1-11-8-3-2-6-10-7(8)4-5-9(11)12;1-2/h3-7H,1-2H3;2-6H,1H3;1H3/q+1;;. The molecule has 0 aromatic carbocycles. The quantitative estimate of drug-likeness (QED) is 0.222. The van der Waals surface area contributed by atoms with E-state index in [0.717, 1.165) is 22.1 Å². The third kappa shape index (κ3) is 4.60. The first-order valence-electron chi connectivity index (χ1n) is 8.22. The van der Waals surface area contributed by atoms with Gasteiger partial charge in [0, 0.05) is 44.6 Å². The minimum absolute atomic E-state index is 0.00417. The summed E-state index contributed by atoms with van der Waals surface area (Å²) in [6.45, 7) is 0. The Balaban J connectivity index is 0.000000178. The third-order valence-corrected chi connectivity index (χ3v) is 4.17. The first-order valence-corrected chi connectivity index (χ1v) is 10.4. The lowest BCUT2D eigenvalue weighted by Gasteiger charge is -2.01. The van der Waals surface area contributed by atoms with Crippen LogP contribution in [0, 0.1) is 0 Å². The van der Waals surface area contributed by atoms with E-state index in [9.17, 15) is 9.59 Å². The highest BCUT2D eigenvalue weighted by atomic mass is 127. The minimum Gasteiger partial charge on any atom is -0.310 e. The van der Waals surface area contributed by atoms with E-state index >= 15 is 0 Å². The van der Waals surface area contributed by atoms with Crippen molar-refractivity contribution in [2.75, 3.05) is 4.93 Å². The van der Waals surface area contributed by atoms with Crippen molar-refractivity contribution in [1.82, 2.24) is 14.1 Å². The maximum absolute atomic E-state index is 11.3. The molecule has 0 saturated carbocycles. The second-order valence-electron chi connectivity index (χ2n) is 5.76. The van der Waals surface area contributed by atoms with Crippen LogP contribution < -0.4 is 15.7 Å². The van der Waals surface area contributed by atoms with Gasteiger partial charge < -0.3 is 9.13 Å². The summed E-state index contributed by atoms with van der Waals surface area (Å²) < 4.78 is 5.23. The number of alkyl halides is 1. The molecule has 0 bridgehead atoms. The molecule has 7 heteroatoms. The second-order valence-corrected chi connectivity index (χ2v) is 5.76. The highest BCUT2D eigenvalue weighted by molar-refractivity contribution is 14.1. The summed E-state index contributed by atoms with van der Waals surface area (Å²) in [5, 5.41) is 0. The number of nitrogens with zero attached hydrogens (tertiary/aromatic N) is 4. The zero-order valence-electron chi connectivity index (χ0n) is 15.8. The normalized spacial score (nSPS) is 9.96. The molecule has 0 unspecified atom stereocenters. The Hall–Kier alpha value is -2.55. The smallest absolute Gasteiger partial charge is 0.251 e. The van der Waals surface area contributed by atoms with E-state index in [0.29, 0.717) is 0 Å². The van der Waals surface area contributed by atoms with Crippen molar-refractivity contribution in [2.24, 2.45) is 21.1 Å². The summed E-state index contributed by atoms with van der Waals surface area (Å²) in [4.78, 5) is 28.6. The van der Waals surface area contributed by atoms with Gasteiger partial charge in [-0.2, -0.15) is 4.57 Å². The van der Waals surface area contributed by atoms with Gasteiger partial charge in [-0.1, -0.05) is 22.6 Å². The highest BCUT2D eigenvalue weighted by Gasteiger charge is 2.05. The van der Waals surface area contributed by atoms with Gasteiger partial charge >= 0.3 is 0 Å². The van der Waals surface area contributed by atoms with Crippen LogP contribution in [0.3, 0.4) is 0 Å². The molecule has 0 spiro atoms. The lowest BCUT2D eigenvalue weighted by Crippen LogP contribution is -2.30. The summed E-state index contributed by atoms with van der Waals surface area (Å²) >= 11 is 2.15. The van der Waals surface area contributed by atoms with Gasteiger partial charge in [-0.3, -0.25) is 14.6 Å². The molecule has 6 nitrogen and oxygen atoms in total. The van der Waals surface area contributed by atoms with Crippen LogP contribution in [-0.4, -0.2) is 19.0 Å².